The van der Waals surface area contributed by atoms with Gasteiger partial charge >= 0.3 is 17.9 Å². The molecule has 82 heavy (non-hydrogen) atoms. The predicted molar refractivity (Wildman–Crippen MR) is 357 cm³/mol. The minimum absolute atomic E-state index is 0.0903. The molecule has 0 aliphatic rings. The first-order chi connectivity index (χ1) is 40.5. The van der Waals surface area contributed by atoms with Gasteiger partial charge in [-0.15, -0.1) is 0 Å². The molecule has 0 aromatic carbocycles. The van der Waals surface area contributed by atoms with E-state index >= 15 is 0 Å². The molecule has 0 aromatic rings. The second kappa shape index (κ2) is 69.3. The van der Waals surface area contributed by atoms with Gasteiger partial charge in [0.2, 0.25) is 0 Å². The summed E-state index contributed by atoms with van der Waals surface area (Å²) in [5, 5.41) is 0. The lowest BCUT2D eigenvalue weighted by Gasteiger charge is -2.18. The molecular formula is C76H128O6. The van der Waals surface area contributed by atoms with E-state index in [0.29, 0.717) is 19.3 Å². The number of unbranched alkanes of at least 4 members (excludes halogenated alkanes) is 31. The molecule has 0 saturated carbocycles. The molecule has 0 aromatic heterocycles. The lowest BCUT2D eigenvalue weighted by molar-refractivity contribution is -0.167. The maximum Gasteiger partial charge on any atom is 0.306 e. The van der Waals surface area contributed by atoms with Crippen LogP contribution in [0.15, 0.2) is 122 Å². The number of allylic oxidation sites excluding steroid dienone is 20. The van der Waals surface area contributed by atoms with Crippen molar-refractivity contribution in [2.75, 3.05) is 13.2 Å². The minimum atomic E-state index is -0.795. The molecule has 0 rings (SSSR count). The highest BCUT2D eigenvalue weighted by molar-refractivity contribution is 5.71. The average molecular weight is 1140 g/mol. The zero-order valence-electron chi connectivity index (χ0n) is 53.7. The maximum atomic E-state index is 12.9. The van der Waals surface area contributed by atoms with Gasteiger partial charge in [0.25, 0.3) is 0 Å². The van der Waals surface area contributed by atoms with E-state index in [1.807, 2.05) is 0 Å². The minimum Gasteiger partial charge on any atom is -0.462 e. The average Bonchev–Trinajstić information content (AvgIpc) is 3.48. The van der Waals surface area contributed by atoms with Gasteiger partial charge in [-0.25, -0.2) is 0 Å². The van der Waals surface area contributed by atoms with E-state index < -0.39 is 6.10 Å². The van der Waals surface area contributed by atoms with E-state index in [1.54, 1.807) is 0 Å². The molecule has 0 aliphatic carbocycles. The smallest absolute Gasteiger partial charge is 0.306 e. The summed E-state index contributed by atoms with van der Waals surface area (Å²) < 4.78 is 16.8. The first kappa shape index (κ1) is 77.8. The predicted octanol–water partition coefficient (Wildman–Crippen LogP) is 23.9. The zero-order chi connectivity index (χ0) is 59.2. The standard InChI is InChI=1S/C76H128O6/c1-4-7-10-13-16-18-20-22-24-26-28-30-32-34-35-36-37-38-39-40-41-42-44-45-47-49-51-53-55-57-60-63-66-69-75(78)81-72-73(71-80-74(77)68-65-62-59-15-12-9-6-3)82-76(79)70-67-64-61-58-56-54-52-50-48-46-43-33-31-29-27-25-23-21-19-17-14-11-8-5-2/h7,10,16,18,22,24,28,30,34-35,37-38,40-41,44-45,49,51,55,57,73H,4-6,8-9,11-15,17,19-21,23,25-27,29,31-33,36,39,42-43,46-48,50,52-54,56,58-72H2,1-3H3/b10-7-,18-16-,24-22-,30-28-,35-34-,38-37-,41-40-,45-44-,51-49-,57-55-. The van der Waals surface area contributed by atoms with Gasteiger partial charge in [-0.2, -0.15) is 0 Å². The second-order valence-corrected chi connectivity index (χ2v) is 22.7. The number of esters is 3. The Bertz CT molecular complexity index is 1690. The molecule has 1 atom stereocenters. The van der Waals surface area contributed by atoms with Gasteiger partial charge in [-0.05, 0) is 96.3 Å². The van der Waals surface area contributed by atoms with Crippen molar-refractivity contribution >= 4 is 17.9 Å². The van der Waals surface area contributed by atoms with Crippen LogP contribution in [0.2, 0.25) is 0 Å². The molecule has 0 N–H and O–H groups in total. The molecule has 0 fully saturated rings. The number of carbonyl (C=O) groups excluding carboxylic acids is 3. The Morgan fingerprint density at radius 1 is 0.256 bits per heavy atom. The summed E-state index contributed by atoms with van der Waals surface area (Å²) >= 11 is 0. The third-order valence-corrected chi connectivity index (χ3v) is 14.7. The molecule has 0 heterocycles. The third-order valence-electron chi connectivity index (χ3n) is 14.7. The zero-order valence-corrected chi connectivity index (χ0v) is 53.7. The van der Waals surface area contributed by atoms with Gasteiger partial charge in [-0.3, -0.25) is 14.4 Å². The van der Waals surface area contributed by atoms with Crippen LogP contribution in [0.5, 0.6) is 0 Å². The van der Waals surface area contributed by atoms with Crippen LogP contribution in [-0.4, -0.2) is 37.2 Å². The van der Waals surface area contributed by atoms with Crippen molar-refractivity contribution in [2.45, 2.75) is 329 Å². The van der Waals surface area contributed by atoms with Crippen LogP contribution in [0.25, 0.3) is 0 Å². The van der Waals surface area contributed by atoms with Crippen LogP contribution in [0, 0.1) is 0 Å². The molecule has 468 valence electrons. The van der Waals surface area contributed by atoms with Crippen molar-refractivity contribution < 1.29 is 28.6 Å². The lowest BCUT2D eigenvalue weighted by atomic mass is 10.0. The first-order valence-corrected chi connectivity index (χ1v) is 34.5. The number of hydrogen-bond donors (Lipinski definition) is 0. The van der Waals surface area contributed by atoms with E-state index in [2.05, 4.69) is 142 Å². The normalized spacial score (nSPS) is 12.9. The number of hydrogen-bond acceptors (Lipinski definition) is 6. The van der Waals surface area contributed by atoms with Gasteiger partial charge in [0.1, 0.15) is 13.2 Å². The number of rotatable bonds is 62. The summed E-state index contributed by atoms with van der Waals surface area (Å²) in [4.78, 5) is 38.1. The van der Waals surface area contributed by atoms with E-state index in [4.69, 9.17) is 14.2 Å². The fraction of sp³-hybridized carbons (Fsp3) is 0.697. The van der Waals surface area contributed by atoms with Gasteiger partial charge < -0.3 is 14.2 Å². The van der Waals surface area contributed by atoms with Gasteiger partial charge in [0.05, 0.1) is 0 Å². The second-order valence-electron chi connectivity index (χ2n) is 22.7. The molecule has 0 bridgehead atoms. The summed E-state index contributed by atoms with van der Waals surface area (Å²) in [5.74, 6) is -0.933. The summed E-state index contributed by atoms with van der Waals surface area (Å²) in [7, 11) is 0. The molecule has 1 unspecified atom stereocenters. The fourth-order valence-corrected chi connectivity index (χ4v) is 9.59. The van der Waals surface area contributed by atoms with E-state index in [-0.39, 0.29) is 31.1 Å². The largest absolute Gasteiger partial charge is 0.462 e. The lowest BCUT2D eigenvalue weighted by Crippen LogP contribution is -2.30. The topological polar surface area (TPSA) is 78.9 Å². The maximum absolute atomic E-state index is 12.9. The highest BCUT2D eigenvalue weighted by atomic mass is 16.6. The Morgan fingerprint density at radius 2 is 0.476 bits per heavy atom. The van der Waals surface area contributed by atoms with Crippen LogP contribution >= 0.6 is 0 Å². The van der Waals surface area contributed by atoms with Crippen molar-refractivity contribution in [3.05, 3.63) is 122 Å². The molecule has 6 heteroatoms. The Morgan fingerprint density at radius 3 is 0.744 bits per heavy atom. The quantitative estimate of drug-likeness (QED) is 0.0261. The van der Waals surface area contributed by atoms with Crippen molar-refractivity contribution in [2.24, 2.45) is 0 Å². The molecule has 0 amide bonds. The highest BCUT2D eigenvalue weighted by Crippen LogP contribution is 2.17. The molecule has 0 spiro atoms. The van der Waals surface area contributed by atoms with E-state index in [9.17, 15) is 14.4 Å². The SMILES string of the molecule is CC/C=C\C/C=C\C/C=C\C/C=C\C/C=C\C/C=C\C/C=C\C/C=C\C/C=C\C/C=C\CCCCC(=O)OCC(COC(=O)CCCCCCCCC)OC(=O)CCCCCCCCCCCCCCCCCCCCCCCCCC. The van der Waals surface area contributed by atoms with E-state index in [1.165, 1.54) is 161 Å². The van der Waals surface area contributed by atoms with Crippen molar-refractivity contribution in [3.8, 4) is 0 Å². The van der Waals surface area contributed by atoms with Crippen LogP contribution < -0.4 is 0 Å². The molecule has 6 nitrogen and oxygen atoms in total. The molecule has 0 saturated heterocycles. The number of ether oxygens (including phenoxy) is 3. The summed E-state index contributed by atoms with van der Waals surface area (Å²) in [6.07, 6.45) is 96.8. The monoisotopic (exact) mass is 1140 g/mol. The Kier molecular flexibility index (Phi) is 65.8. The molecule has 0 aliphatic heterocycles. The van der Waals surface area contributed by atoms with Crippen molar-refractivity contribution in [1.29, 1.82) is 0 Å². The highest BCUT2D eigenvalue weighted by Gasteiger charge is 2.19. The van der Waals surface area contributed by atoms with Crippen LogP contribution in [0.3, 0.4) is 0 Å². The van der Waals surface area contributed by atoms with E-state index in [0.717, 1.165) is 122 Å². The fourth-order valence-electron chi connectivity index (χ4n) is 9.59. The third kappa shape index (κ3) is 66.6. The summed E-state index contributed by atoms with van der Waals surface area (Å²) in [5.41, 5.74) is 0. The number of carbonyl (C=O) groups is 3. The first-order valence-electron chi connectivity index (χ1n) is 34.5. The molecule has 0 radical (unpaired) electrons. The van der Waals surface area contributed by atoms with Crippen LogP contribution in [0.1, 0.15) is 323 Å². The van der Waals surface area contributed by atoms with Gasteiger partial charge in [-0.1, -0.05) is 328 Å². The Hall–Kier alpha value is -4.19. The Labute approximate surface area is 507 Å². The van der Waals surface area contributed by atoms with Crippen LogP contribution in [-0.2, 0) is 28.6 Å². The van der Waals surface area contributed by atoms with Gasteiger partial charge in [0, 0.05) is 19.3 Å². The van der Waals surface area contributed by atoms with Gasteiger partial charge in [0.15, 0.2) is 6.10 Å². The molecular weight excluding hydrogens is 1010 g/mol. The van der Waals surface area contributed by atoms with Crippen molar-refractivity contribution in [3.63, 3.8) is 0 Å². The van der Waals surface area contributed by atoms with Crippen LogP contribution in [0.4, 0.5) is 0 Å². The Balaban J connectivity index is 4.20. The van der Waals surface area contributed by atoms with Crippen molar-refractivity contribution in [1.82, 2.24) is 0 Å². The summed E-state index contributed by atoms with van der Waals surface area (Å²) in [6.45, 7) is 6.48. The summed E-state index contributed by atoms with van der Waals surface area (Å²) in [6, 6.07) is 0.